The van der Waals surface area contributed by atoms with Gasteiger partial charge in [0.15, 0.2) is 0 Å². The Morgan fingerprint density at radius 3 is 2.57 bits per heavy atom. The number of halogens is 1. The minimum atomic E-state index is -0.545. The van der Waals surface area contributed by atoms with Crippen LogP contribution < -0.4 is 0 Å². The summed E-state index contributed by atoms with van der Waals surface area (Å²) in [6.07, 6.45) is 0.232. The summed E-state index contributed by atoms with van der Waals surface area (Å²) in [5.41, 5.74) is 0.854. The van der Waals surface area contributed by atoms with E-state index in [0.29, 0.717) is 19.6 Å². The van der Waals surface area contributed by atoms with Crippen molar-refractivity contribution in [3.05, 3.63) is 35.6 Å². The molecule has 23 heavy (non-hydrogen) atoms. The Morgan fingerprint density at radius 1 is 1.35 bits per heavy atom. The summed E-state index contributed by atoms with van der Waals surface area (Å²) in [4.78, 5) is 27.6. The fraction of sp³-hybridized carbons (Fsp3) is 0.529. The number of hydrogen-bond donors (Lipinski definition) is 1. The summed E-state index contributed by atoms with van der Waals surface area (Å²) in [5.74, 6) is -0.532. The van der Waals surface area contributed by atoms with E-state index in [1.807, 2.05) is 13.8 Å². The second-order valence-electron chi connectivity index (χ2n) is 6.21. The first-order valence-corrected chi connectivity index (χ1v) is 7.85. The van der Waals surface area contributed by atoms with Crippen LogP contribution in [0.1, 0.15) is 25.8 Å². The van der Waals surface area contributed by atoms with E-state index < -0.39 is 6.61 Å². The molecule has 0 aliphatic carbocycles. The van der Waals surface area contributed by atoms with Crippen LogP contribution in [0, 0.1) is 11.7 Å². The highest BCUT2D eigenvalue weighted by Crippen LogP contribution is 2.21. The maximum Gasteiger partial charge on any atom is 0.248 e. The van der Waals surface area contributed by atoms with Crippen LogP contribution in [0.15, 0.2) is 24.3 Å². The molecule has 1 heterocycles. The quantitative estimate of drug-likeness (QED) is 0.911. The molecule has 1 atom stereocenters. The highest BCUT2D eigenvalue weighted by Gasteiger charge is 2.33. The van der Waals surface area contributed by atoms with Crippen LogP contribution in [0.3, 0.4) is 0 Å². The van der Waals surface area contributed by atoms with E-state index in [1.165, 1.54) is 12.1 Å². The molecule has 1 aliphatic heterocycles. The van der Waals surface area contributed by atoms with Gasteiger partial charge in [0.1, 0.15) is 12.4 Å². The molecule has 0 radical (unpaired) electrons. The maximum absolute atomic E-state index is 13.0. The molecule has 5 nitrogen and oxygen atoms in total. The van der Waals surface area contributed by atoms with E-state index >= 15 is 0 Å². The molecule has 1 N–H and O–H groups in total. The number of rotatable bonds is 4. The number of nitrogens with zero attached hydrogens (tertiary/aromatic N) is 2. The van der Waals surface area contributed by atoms with E-state index in [-0.39, 0.29) is 36.0 Å². The molecule has 0 saturated carbocycles. The predicted octanol–water partition coefficient (Wildman–Crippen LogP) is 1.40. The van der Waals surface area contributed by atoms with Crippen molar-refractivity contribution in [2.45, 2.75) is 32.9 Å². The van der Waals surface area contributed by atoms with Gasteiger partial charge in [0.25, 0.3) is 0 Å². The van der Waals surface area contributed by atoms with Gasteiger partial charge >= 0.3 is 0 Å². The van der Waals surface area contributed by atoms with E-state index in [9.17, 15) is 14.0 Å². The van der Waals surface area contributed by atoms with Crippen LogP contribution in [-0.2, 0) is 16.1 Å². The number of benzene rings is 1. The van der Waals surface area contributed by atoms with Gasteiger partial charge in [-0.15, -0.1) is 0 Å². The van der Waals surface area contributed by atoms with Gasteiger partial charge in [0.05, 0.1) is 6.04 Å². The molecule has 0 spiro atoms. The summed E-state index contributed by atoms with van der Waals surface area (Å²) in [6.45, 7) is 4.58. The molecular weight excluding hydrogens is 299 g/mol. The lowest BCUT2D eigenvalue weighted by Crippen LogP contribution is -2.47. The average Bonchev–Trinajstić information content (AvgIpc) is 2.69. The molecule has 2 rings (SSSR count). The number of aliphatic hydroxyl groups excluding tert-OH is 1. The molecule has 6 heteroatoms. The Bertz CT molecular complexity index is 559. The fourth-order valence-electron chi connectivity index (χ4n) is 2.86. The first kappa shape index (κ1) is 17.4. The number of hydrogen-bond acceptors (Lipinski definition) is 3. The molecular formula is C17H23FN2O3. The van der Waals surface area contributed by atoms with Crippen molar-refractivity contribution in [3.63, 3.8) is 0 Å². The highest BCUT2D eigenvalue weighted by atomic mass is 19.1. The van der Waals surface area contributed by atoms with Gasteiger partial charge in [0.2, 0.25) is 11.8 Å². The zero-order valence-electron chi connectivity index (χ0n) is 13.5. The van der Waals surface area contributed by atoms with Gasteiger partial charge in [-0.05, 0) is 23.6 Å². The Hall–Kier alpha value is -1.95. The number of amides is 2. The van der Waals surface area contributed by atoms with E-state index in [2.05, 4.69) is 0 Å². The maximum atomic E-state index is 13.0. The van der Waals surface area contributed by atoms with Crippen molar-refractivity contribution in [2.24, 2.45) is 5.92 Å². The molecule has 1 aromatic carbocycles. The van der Waals surface area contributed by atoms with Crippen LogP contribution >= 0.6 is 0 Å². The molecule has 0 aromatic heterocycles. The minimum absolute atomic E-state index is 0.0266. The van der Waals surface area contributed by atoms with Gasteiger partial charge < -0.3 is 14.9 Å². The van der Waals surface area contributed by atoms with Crippen LogP contribution in [0.25, 0.3) is 0 Å². The SMILES string of the molecule is CC(C)C1CN(C(=O)CO)CCC(=O)N1Cc1ccc(F)cc1. The standard InChI is InChI=1S/C17H23FN2O3/c1-12(2)15-10-19(17(23)11-21)8-7-16(22)20(15)9-13-3-5-14(18)6-4-13/h3-6,12,15,21H,7-11H2,1-2H3. The third-order valence-corrected chi connectivity index (χ3v) is 4.25. The van der Waals surface area contributed by atoms with E-state index in [1.54, 1.807) is 21.9 Å². The van der Waals surface area contributed by atoms with Crippen molar-refractivity contribution in [3.8, 4) is 0 Å². The van der Waals surface area contributed by atoms with Gasteiger partial charge in [-0.1, -0.05) is 26.0 Å². The second kappa shape index (κ2) is 7.55. The topological polar surface area (TPSA) is 60.9 Å². The summed E-state index contributed by atoms with van der Waals surface area (Å²) in [6, 6.07) is 5.96. The van der Waals surface area contributed by atoms with Crippen molar-refractivity contribution in [2.75, 3.05) is 19.7 Å². The van der Waals surface area contributed by atoms with Crippen LogP contribution in [0.4, 0.5) is 4.39 Å². The number of aliphatic hydroxyl groups is 1. The lowest BCUT2D eigenvalue weighted by molar-refractivity contribution is -0.135. The lowest BCUT2D eigenvalue weighted by atomic mass is 10.0. The lowest BCUT2D eigenvalue weighted by Gasteiger charge is -2.34. The number of carbonyl (C=O) groups excluding carboxylic acids is 2. The fourth-order valence-corrected chi connectivity index (χ4v) is 2.86. The predicted molar refractivity (Wildman–Crippen MR) is 83.9 cm³/mol. The third-order valence-electron chi connectivity index (χ3n) is 4.25. The highest BCUT2D eigenvalue weighted by molar-refractivity contribution is 5.81. The summed E-state index contributed by atoms with van der Waals surface area (Å²) in [7, 11) is 0. The summed E-state index contributed by atoms with van der Waals surface area (Å²) >= 11 is 0. The molecule has 2 amide bonds. The van der Waals surface area contributed by atoms with Gasteiger partial charge in [0, 0.05) is 26.1 Å². The normalized spacial score (nSPS) is 19.2. The zero-order chi connectivity index (χ0) is 17.0. The van der Waals surface area contributed by atoms with E-state index in [0.717, 1.165) is 5.56 Å². The molecule has 1 aromatic rings. The Balaban J connectivity index is 2.22. The van der Waals surface area contributed by atoms with Crippen LogP contribution in [0.5, 0.6) is 0 Å². The largest absolute Gasteiger partial charge is 0.387 e. The number of carbonyl (C=O) groups is 2. The molecule has 1 unspecified atom stereocenters. The van der Waals surface area contributed by atoms with Gasteiger partial charge in [-0.2, -0.15) is 0 Å². The Labute approximate surface area is 135 Å². The average molecular weight is 322 g/mol. The summed E-state index contributed by atoms with van der Waals surface area (Å²) in [5, 5.41) is 9.07. The first-order valence-electron chi connectivity index (χ1n) is 7.85. The first-order chi connectivity index (χ1) is 10.9. The molecule has 126 valence electrons. The molecule has 1 fully saturated rings. The zero-order valence-corrected chi connectivity index (χ0v) is 13.5. The molecule has 1 aliphatic rings. The van der Waals surface area contributed by atoms with Crippen molar-refractivity contribution in [1.82, 2.24) is 9.80 Å². The third kappa shape index (κ3) is 4.28. The van der Waals surface area contributed by atoms with Crippen LogP contribution in [-0.4, -0.2) is 52.5 Å². The van der Waals surface area contributed by atoms with E-state index in [4.69, 9.17) is 5.11 Å². The van der Waals surface area contributed by atoms with Crippen molar-refractivity contribution >= 4 is 11.8 Å². The molecule has 0 bridgehead atoms. The summed E-state index contributed by atoms with van der Waals surface area (Å²) < 4.78 is 13.0. The van der Waals surface area contributed by atoms with Crippen molar-refractivity contribution < 1.29 is 19.1 Å². The van der Waals surface area contributed by atoms with Crippen molar-refractivity contribution in [1.29, 1.82) is 0 Å². The van der Waals surface area contributed by atoms with Gasteiger partial charge in [-0.25, -0.2) is 4.39 Å². The monoisotopic (exact) mass is 322 g/mol. The van der Waals surface area contributed by atoms with Crippen LogP contribution in [0.2, 0.25) is 0 Å². The smallest absolute Gasteiger partial charge is 0.248 e. The Kier molecular flexibility index (Phi) is 5.71. The second-order valence-corrected chi connectivity index (χ2v) is 6.21. The molecule has 1 saturated heterocycles. The minimum Gasteiger partial charge on any atom is -0.387 e. The van der Waals surface area contributed by atoms with Gasteiger partial charge in [-0.3, -0.25) is 9.59 Å². The Morgan fingerprint density at radius 2 is 2.00 bits per heavy atom.